The lowest BCUT2D eigenvalue weighted by Gasteiger charge is -2.13. The van der Waals surface area contributed by atoms with Gasteiger partial charge < -0.3 is 10.3 Å². The lowest BCUT2D eigenvalue weighted by molar-refractivity contribution is -0.114. The van der Waals surface area contributed by atoms with Gasteiger partial charge in [-0.2, -0.15) is 0 Å². The fourth-order valence-electron chi connectivity index (χ4n) is 3.68. The molecule has 0 fully saturated rings. The number of hydrogen-bond acceptors (Lipinski definition) is 3. The predicted molar refractivity (Wildman–Crippen MR) is 105 cm³/mol. The Morgan fingerprint density at radius 3 is 2.56 bits per heavy atom. The van der Waals surface area contributed by atoms with Crippen LogP contribution < -0.4 is 10.0 Å². The van der Waals surface area contributed by atoms with Gasteiger partial charge in [0.1, 0.15) is 0 Å². The number of benzene rings is 2. The van der Waals surface area contributed by atoms with Crippen molar-refractivity contribution in [3.63, 3.8) is 0 Å². The minimum atomic E-state index is -3.62. The number of sulfonamides is 1. The van der Waals surface area contributed by atoms with Gasteiger partial charge in [0.25, 0.3) is 0 Å². The zero-order valence-corrected chi connectivity index (χ0v) is 16.0. The second-order valence-corrected chi connectivity index (χ2v) is 8.78. The number of aromatic nitrogens is 1. The zero-order valence-electron chi connectivity index (χ0n) is 15.2. The summed E-state index contributed by atoms with van der Waals surface area (Å²) in [5.41, 5.74) is 5.15. The fourth-order valence-corrected chi connectivity index (χ4v) is 4.92. The number of aromatic amines is 1. The van der Waals surface area contributed by atoms with Gasteiger partial charge in [-0.15, -0.1) is 0 Å². The van der Waals surface area contributed by atoms with Crippen LogP contribution in [-0.2, 0) is 27.7 Å². The normalized spacial score (nSPS) is 16.4. The average Bonchev–Trinajstić information content (AvgIpc) is 3.11. The molecule has 0 saturated carbocycles. The molecule has 27 heavy (non-hydrogen) atoms. The van der Waals surface area contributed by atoms with Gasteiger partial charge in [-0.3, -0.25) is 4.79 Å². The van der Waals surface area contributed by atoms with Crippen molar-refractivity contribution in [1.29, 1.82) is 0 Å². The van der Waals surface area contributed by atoms with Crippen molar-refractivity contribution in [2.75, 3.05) is 5.32 Å². The van der Waals surface area contributed by atoms with Gasteiger partial charge in [0, 0.05) is 41.7 Å². The van der Waals surface area contributed by atoms with Crippen molar-refractivity contribution in [2.45, 2.75) is 37.6 Å². The Morgan fingerprint density at radius 2 is 1.85 bits per heavy atom. The van der Waals surface area contributed by atoms with Gasteiger partial charge in [0.2, 0.25) is 15.9 Å². The van der Waals surface area contributed by atoms with E-state index in [4.69, 9.17) is 0 Å². The first-order valence-corrected chi connectivity index (χ1v) is 10.3. The smallest absolute Gasteiger partial charge is 0.240 e. The lowest BCUT2D eigenvalue weighted by atomic mass is 10.1. The van der Waals surface area contributed by atoms with E-state index in [1.165, 1.54) is 35.6 Å². The minimum absolute atomic E-state index is 0.170. The van der Waals surface area contributed by atoms with Crippen molar-refractivity contribution >= 4 is 32.5 Å². The Balaban J connectivity index is 1.51. The van der Waals surface area contributed by atoms with Crippen molar-refractivity contribution in [3.8, 4) is 0 Å². The summed E-state index contributed by atoms with van der Waals surface area (Å²) in [5, 5.41) is 3.80. The number of carbonyl (C=O) groups excluding carboxylic acids is 1. The van der Waals surface area contributed by atoms with Crippen LogP contribution in [0.25, 0.3) is 10.9 Å². The third kappa shape index (κ3) is 3.48. The predicted octanol–water partition coefficient (Wildman–Crippen LogP) is 2.88. The number of hydrogen-bond donors (Lipinski definition) is 3. The van der Waals surface area contributed by atoms with E-state index in [9.17, 15) is 13.2 Å². The van der Waals surface area contributed by atoms with Crippen LogP contribution in [0.15, 0.2) is 47.4 Å². The molecule has 1 atom stereocenters. The first kappa shape index (κ1) is 17.8. The number of rotatable bonds is 4. The van der Waals surface area contributed by atoms with Crippen LogP contribution in [0.4, 0.5) is 5.69 Å². The van der Waals surface area contributed by atoms with Gasteiger partial charge in [0.15, 0.2) is 0 Å². The van der Waals surface area contributed by atoms with Crippen LogP contribution in [0.1, 0.15) is 23.7 Å². The number of amides is 1. The van der Waals surface area contributed by atoms with Crippen LogP contribution in [0.3, 0.4) is 0 Å². The van der Waals surface area contributed by atoms with E-state index in [1.807, 2.05) is 0 Å². The highest BCUT2D eigenvalue weighted by atomic mass is 32.2. The summed E-state index contributed by atoms with van der Waals surface area (Å²) in [6.07, 6.45) is 1.31. The molecule has 7 heteroatoms. The molecule has 1 heterocycles. The van der Waals surface area contributed by atoms with E-state index >= 15 is 0 Å². The maximum Gasteiger partial charge on any atom is 0.240 e. The number of fused-ring (bicyclic) bond motifs is 3. The van der Waals surface area contributed by atoms with E-state index in [1.54, 1.807) is 12.1 Å². The van der Waals surface area contributed by atoms with Crippen LogP contribution >= 0.6 is 0 Å². The third-order valence-corrected chi connectivity index (χ3v) is 6.39. The van der Waals surface area contributed by atoms with Crippen LogP contribution in [0, 0.1) is 6.92 Å². The maximum absolute atomic E-state index is 12.7. The molecular formula is C20H21N3O3S. The molecule has 1 amide bonds. The summed E-state index contributed by atoms with van der Waals surface area (Å²) < 4.78 is 28.2. The second-order valence-electron chi connectivity index (χ2n) is 7.06. The lowest BCUT2D eigenvalue weighted by Crippen LogP contribution is -2.35. The molecule has 0 bridgehead atoms. The summed E-state index contributed by atoms with van der Waals surface area (Å²) in [6, 6.07) is 12.3. The number of anilines is 1. The highest BCUT2D eigenvalue weighted by Crippen LogP contribution is 2.31. The van der Waals surface area contributed by atoms with Crippen molar-refractivity contribution in [1.82, 2.24) is 9.71 Å². The molecule has 2 aromatic carbocycles. The van der Waals surface area contributed by atoms with Gasteiger partial charge in [-0.05, 0) is 55.3 Å². The molecule has 0 radical (unpaired) electrons. The Kier molecular flexibility index (Phi) is 4.28. The third-order valence-electron chi connectivity index (χ3n) is 4.86. The van der Waals surface area contributed by atoms with E-state index in [0.717, 1.165) is 11.2 Å². The van der Waals surface area contributed by atoms with Gasteiger partial charge >= 0.3 is 0 Å². The average molecular weight is 383 g/mol. The van der Waals surface area contributed by atoms with Gasteiger partial charge in [-0.1, -0.05) is 11.6 Å². The maximum atomic E-state index is 12.7. The topological polar surface area (TPSA) is 91.1 Å². The van der Waals surface area contributed by atoms with E-state index < -0.39 is 10.0 Å². The molecule has 0 saturated heterocycles. The molecule has 3 aromatic rings. The van der Waals surface area contributed by atoms with Crippen molar-refractivity contribution in [3.05, 3.63) is 59.3 Å². The Hall–Kier alpha value is -2.64. The second kappa shape index (κ2) is 6.51. The summed E-state index contributed by atoms with van der Waals surface area (Å²) in [4.78, 5) is 14.7. The first-order chi connectivity index (χ1) is 12.8. The molecule has 4 rings (SSSR count). The Morgan fingerprint density at radius 1 is 1.11 bits per heavy atom. The highest BCUT2D eigenvalue weighted by Gasteiger charge is 2.29. The van der Waals surface area contributed by atoms with Crippen LogP contribution in [-0.4, -0.2) is 25.4 Å². The fraction of sp³-hybridized carbons (Fsp3) is 0.250. The molecule has 3 N–H and O–H groups in total. The van der Waals surface area contributed by atoms with Crippen molar-refractivity contribution < 1.29 is 13.2 Å². The SMILES string of the molecule is CC(=O)Nc1ccc(S(=O)(=O)NC2Cc3[nH]c4ccc(C)cc4c3C2)cc1. The summed E-state index contributed by atoms with van der Waals surface area (Å²) in [6.45, 7) is 3.46. The first-order valence-electron chi connectivity index (χ1n) is 8.82. The molecule has 6 nitrogen and oxygen atoms in total. The number of carbonyl (C=O) groups is 1. The van der Waals surface area contributed by atoms with Gasteiger partial charge in [-0.25, -0.2) is 13.1 Å². The Bertz CT molecular complexity index is 1130. The monoisotopic (exact) mass is 383 g/mol. The summed E-state index contributed by atoms with van der Waals surface area (Å²) in [7, 11) is -3.62. The molecule has 140 valence electrons. The summed E-state index contributed by atoms with van der Waals surface area (Å²) >= 11 is 0. The highest BCUT2D eigenvalue weighted by molar-refractivity contribution is 7.89. The van der Waals surface area contributed by atoms with Crippen molar-refractivity contribution in [2.24, 2.45) is 0 Å². The molecule has 1 unspecified atom stereocenters. The summed E-state index contributed by atoms with van der Waals surface area (Å²) in [5.74, 6) is -0.196. The standard InChI is InChI=1S/C20H21N3O3S/c1-12-3-8-19-17(9-12)18-10-15(11-20(18)22-19)23-27(25,26)16-6-4-14(5-7-16)21-13(2)24/h3-9,15,22-23H,10-11H2,1-2H3,(H,21,24). The zero-order chi connectivity index (χ0) is 19.2. The molecule has 1 aliphatic rings. The van der Waals surface area contributed by atoms with Gasteiger partial charge in [0.05, 0.1) is 4.90 Å². The molecule has 1 aromatic heterocycles. The largest absolute Gasteiger partial charge is 0.358 e. The van der Waals surface area contributed by atoms with E-state index in [2.05, 4.69) is 40.1 Å². The Labute approximate surface area is 158 Å². The molecular weight excluding hydrogens is 362 g/mol. The van der Waals surface area contributed by atoms with E-state index in [0.29, 0.717) is 18.5 Å². The quantitative estimate of drug-likeness (QED) is 0.647. The number of aryl methyl sites for hydroxylation is 1. The molecule has 0 spiro atoms. The number of nitrogens with one attached hydrogen (secondary N) is 3. The van der Waals surface area contributed by atoms with Crippen LogP contribution in [0.5, 0.6) is 0 Å². The van der Waals surface area contributed by atoms with E-state index in [-0.39, 0.29) is 16.8 Å². The number of H-pyrrole nitrogens is 1. The molecule has 0 aliphatic heterocycles. The van der Waals surface area contributed by atoms with Crippen LogP contribution in [0.2, 0.25) is 0 Å². The molecule has 1 aliphatic carbocycles. The minimum Gasteiger partial charge on any atom is -0.358 e.